The van der Waals surface area contributed by atoms with Crippen LogP contribution in [0.15, 0.2) is 12.1 Å². The van der Waals surface area contributed by atoms with Gasteiger partial charge in [-0.1, -0.05) is 0 Å². The maximum atomic E-state index is 12.1. The number of esters is 1. The summed E-state index contributed by atoms with van der Waals surface area (Å²) < 4.78 is 10.5. The molecule has 0 fully saturated rings. The van der Waals surface area contributed by atoms with E-state index in [0.29, 0.717) is 0 Å². The number of carbonyl (C=O) groups excluding carboxylic acids is 2. The number of ketones is 1. The standard InChI is InChI=1S/C14H16O6/c1-8-3-10(17)13-11(18)5-14(6-15,7-19-9(2)16)20-12(13)4-8/h3-4,15,17H,5-7H2,1-2H3. The van der Waals surface area contributed by atoms with Gasteiger partial charge in [-0.15, -0.1) is 0 Å². The van der Waals surface area contributed by atoms with Crippen molar-refractivity contribution in [1.82, 2.24) is 0 Å². The van der Waals surface area contributed by atoms with Crippen LogP contribution in [0.2, 0.25) is 0 Å². The zero-order chi connectivity index (χ0) is 14.9. The van der Waals surface area contributed by atoms with Gasteiger partial charge in [0.15, 0.2) is 11.4 Å². The molecule has 0 spiro atoms. The van der Waals surface area contributed by atoms with Gasteiger partial charge in [-0.2, -0.15) is 0 Å². The fourth-order valence-corrected chi connectivity index (χ4v) is 2.19. The van der Waals surface area contributed by atoms with Crippen LogP contribution in [0.25, 0.3) is 0 Å². The molecule has 1 unspecified atom stereocenters. The van der Waals surface area contributed by atoms with Crippen LogP contribution in [-0.2, 0) is 9.53 Å². The molecule has 0 amide bonds. The molecule has 1 atom stereocenters. The molecule has 6 heteroatoms. The minimum Gasteiger partial charge on any atom is -0.507 e. The normalized spacial score (nSPS) is 21.1. The second-order valence-corrected chi connectivity index (χ2v) is 4.98. The van der Waals surface area contributed by atoms with Crippen molar-refractivity contribution in [2.75, 3.05) is 13.2 Å². The van der Waals surface area contributed by atoms with E-state index in [0.717, 1.165) is 5.56 Å². The molecule has 0 aliphatic carbocycles. The summed E-state index contributed by atoms with van der Waals surface area (Å²) in [6.07, 6.45) is -0.166. The predicted molar refractivity (Wildman–Crippen MR) is 68.9 cm³/mol. The molecule has 1 aromatic carbocycles. The van der Waals surface area contributed by atoms with Gasteiger partial charge in [0.25, 0.3) is 0 Å². The average molecular weight is 280 g/mol. The van der Waals surface area contributed by atoms with Crippen molar-refractivity contribution in [3.8, 4) is 11.5 Å². The van der Waals surface area contributed by atoms with Crippen molar-refractivity contribution in [3.63, 3.8) is 0 Å². The third-order valence-corrected chi connectivity index (χ3v) is 3.14. The Bertz CT molecular complexity index is 565. The number of hydrogen-bond donors (Lipinski definition) is 2. The van der Waals surface area contributed by atoms with Crippen LogP contribution < -0.4 is 4.74 Å². The van der Waals surface area contributed by atoms with Gasteiger partial charge in [0.05, 0.1) is 13.0 Å². The van der Waals surface area contributed by atoms with E-state index in [1.807, 2.05) is 0 Å². The van der Waals surface area contributed by atoms with Gasteiger partial charge in [0.2, 0.25) is 0 Å². The Morgan fingerprint density at radius 3 is 2.80 bits per heavy atom. The van der Waals surface area contributed by atoms with Gasteiger partial charge < -0.3 is 19.7 Å². The molecule has 0 aromatic heterocycles. The number of fused-ring (bicyclic) bond motifs is 1. The monoisotopic (exact) mass is 280 g/mol. The largest absolute Gasteiger partial charge is 0.507 e. The third kappa shape index (κ3) is 2.60. The number of carbonyl (C=O) groups is 2. The number of phenolic OH excluding ortho intramolecular Hbond substituents is 1. The number of benzene rings is 1. The van der Waals surface area contributed by atoms with Gasteiger partial charge in [-0.05, 0) is 24.6 Å². The summed E-state index contributed by atoms with van der Waals surface area (Å²) in [6, 6.07) is 3.07. The van der Waals surface area contributed by atoms with E-state index in [9.17, 15) is 19.8 Å². The topological polar surface area (TPSA) is 93.1 Å². The number of ether oxygens (including phenoxy) is 2. The van der Waals surface area contributed by atoms with E-state index in [4.69, 9.17) is 9.47 Å². The fourth-order valence-electron chi connectivity index (χ4n) is 2.19. The number of phenols is 1. The zero-order valence-electron chi connectivity index (χ0n) is 11.3. The highest BCUT2D eigenvalue weighted by Crippen LogP contribution is 2.39. The highest BCUT2D eigenvalue weighted by atomic mass is 16.6. The highest BCUT2D eigenvalue weighted by Gasteiger charge is 2.42. The molecule has 0 bridgehead atoms. The number of aliphatic hydroxyl groups excluding tert-OH is 1. The summed E-state index contributed by atoms with van der Waals surface area (Å²) in [7, 11) is 0. The van der Waals surface area contributed by atoms with Crippen LogP contribution in [0.1, 0.15) is 29.3 Å². The van der Waals surface area contributed by atoms with Crippen molar-refractivity contribution in [1.29, 1.82) is 0 Å². The molecule has 2 rings (SSSR count). The first-order valence-electron chi connectivity index (χ1n) is 6.17. The smallest absolute Gasteiger partial charge is 0.302 e. The summed E-state index contributed by atoms with van der Waals surface area (Å²) in [4.78, 5) is 23.0. The number of rotatable bonds is 3. The molecule has 20 heavy (non-hydrogen) atoms. The maximum absolute atomic E-state index is 12.1. The molecule has 1 aliphatic heterocycles. The number of hydrogen-bond acceptors (Lipinski definition) is 6. The van der Waals surface area contributed by atoms with Crippen molar-refractivity contribution in [2.24, 2.45) is 0 Å². The van der Waals surface area contributed by atoms with Crippen molar-refractivity contribution < 1.29 is 29.3 Å². The summed E-state index contributed by atoms with van der Waals surface area (Å²) in [5, 5.41) is 19.3. The molecular formula is C14H16O6. The molecular weight excluding hydrogens is 264 g/mol. The predicted octanol–water partition coefficient (Wildman–Crippen LogP) is 0.960. The quantitative estimate of drug-likeness (QED) is 0.801. The van der Waals surface area contributed by atoms with Gasteiger partial charge in [-0.3, -0.25) is 9.59 Å². The molecule has 6 nitrogen and oxygen atoms in total. The Labute approximate surface area is 115 Å². The minimum atomic E-state index is -1.30. The van der Waals surface area contributed by atoms with Crippen molar-refractivity contribution in [2.45, 2.75) is 25.9 Å². The molecule has 0 saturated carbocycles. The van der Waals surface area contributed by atoms with Crippen molar-refractivity contribution >= 4 is 11.8 Å². The van der Waals surface area contributed by atoms with Crippen LogP contribution in [0, 0.1) is 6.92 Å². The van der Waals surface area contributed by atoms with E-state index in [1.165, 1.54) is 13.0 Å². The molecule has 1 heterocycles. The Morgan fingerprint density at radius 1 is 1.50 bits per heavy atom. The average Bonchev–Trinajstić information content (AvgIpc) is 2.35. The Kier molecular flexibility index (Phi) is 3.67. The molecule has 1 aromatic rings. The van der Waals surface area contributed by atoms with E-state index in [-0.39, 0.29) is 35.9 Å². The van der Waals surface area contributed by atoms with Crippen LogP contribution in [0.4, 0.5) is 0 Å². The van der Waals surface area contributed by atoms with E-state index >= 15 is 0 Å². The first-order valence-corrected chi connectivity index (χ1v) is 6.17. The van der Waals surface area contributed by atoms with E-state index in [2.05, 4.69) is 0 Å². The zero-order valence-corrected chi connectivity index (χ0v) is 11.3. The SMILES string of the molecule is CC(=O)OCC1(CO)CC(=O)c2c(O)cc(C)cc2O1. The van der Waals surface area contributed by atoms with Crippen LogP contribution >= 0.6 is 0 Å². The number of aryl methyl sites for hydroxylation is 1. The molecule has 108 valence electrons. The van der Waals surface area contributed by atoms with Crippen LogP contribution in [0.3, 0.4) is 0 Å². The second-order valence-electron chi connectivity index (χ2n) is 4.98. The molecule has 0 saturated heterocycles. The van der Waals surface area contributed by atoms with Gasteiger partial charge in [-0.25, -0.2) is 0 Å². The van der Waals surface area contributed by atoms with Crippen molar-refractivity contribution in [3.05, 3.63) is 23.3 Å². The maximum Gasteiger partial charge on any atom is 0.302 e. The summed E-state index contributed by atoms with van der Waals surface area (Å²) in [5.74, 6) is -0.833. The summed E-state index contributed by atoms with van der Waals surface area (Å²) >= 11 is 0. The third-order valence-electron chi connectivity index (χ3n) is 3.14. The van der Waals surface area contributed by atoms with Gasteiger partial charge in [0.1, 0.15) is 23.7 Å². The fraction of sp³-hybridized carbons (Fsp3) is 0.429. The number of aliphatic hydroxyl groups is 1. The molecule has 1 aliphatic rings. The van der Waals surface area contributed by atoms with E-state index < -0.39 is 18.2 Å². The first-order chi connectivity index (χ1) is 9.37. The number of Topliss-reactive ketones (excluding diaryl/α,β-unsaturated/α-hetero) is 1. The van der Waals surface area contributed by atoms with Gasteiger partial charge >= 0.3 is 5.97 Å². The van der Waals surface area contributed by atoms with Crippen LogP contribution in [-0.4, -0.2) is 40.8 Å². The lowest BCUT2D eigenvalue weighted by Crippen LogP contribution is -2.49. The van der Waals surface area contributed by atoms with Crippen LogP contribution in [0.5, 0.6) is 11.5 Å². The first kappa shape index (κ1) is 14.3. The molecule has 0 radical (unpaired) electrons. The summed E-state index contributed by atoms with van der Waals surface area (Å²) in [5.41, 5.74) is -0.478. The number of aromatic hydroxyl groups is 1. The Balaban J connectivity index is 2.38. The lowest BCUT2D eigenvalue weighted by Gasteiger charge is -2.36. The minimum absolute atomic E-state index is 0.0995. The Morgan fingerprint density at radius 2 is 2.20 bits per heavy atom. The molecule has 2 N–H and O–H groups in total. The summed E-state index contributed by atoms with van der Waals surface area (Å²) in [6.45, 7) is 2.29. The Hall–Kier alpha value is -2.08. The lowest BCUT2D eigenvalue weighted by atomic mass is 9.90. The highest BCUT2D eigenvalue weighted by molar-refractivity contribution is 6.03. The lowest BCUT2D eigenvalue weighted by molar-refractivity contribution is -0.149. The van der Waals surface area contributed by atoms with Gasteiger partial charge in [0, 0.05) is 6.92 Å². The second kappa shape index (κ2) is 5.13. The van der Waals surface area contributed by atoms with E-state index in [1.54, 1.807) is 13.0 Å².